The van der Waals surface area contributed by atoms with Crippen molar-refractivity contribution >= 4 is 23.2 Å². The molecule has 2 saturated heterocycles. The zero-order valence-electron chi connectivity index (χ0n) is 19.5. The maximum atomic E-state index is 5.60. The van der Waals surface area contributed by atoms with Crippen LogP contribution in [0.5, 0.6) is 0 Å². The van der Waals surface area contributed by atoms with E-state index in [-0.39, 0.29) is 5.95 Å². The normalized spacial score (nSPS) is 16.2. The molecule has 2 aliphatic heterocycles. The molecule has 0 aliphatic carbocycles. The summed E-state index contributed by atoms with van der Waals surface area (Å²) in [6, 6.07) is 6.00. The van der Waals surface area contributed by atoms with Crippen molar-refractivity contribution in [3.05, 3.63) is 55.3 Å². The van der Waals surface area contributed by atoms with Crippen LogP contribution in [0.25, 0.3) is 28.4 Å². The molecule has 4 aromatic heterocycles. The van der Waals surface area contributed by atoms with Crippen LogP contribution in [0.1, 0.15) is 37.8 Å². The van der Waals surface area contributed by atoms with E-state index < -0.39 is 0 Å². The predicted molar refractivity (Wildman–Crippen MR) is 135 cm³/mol. The van der Waals surface area contributed by atoms with Gasteiger partial charge in [0.25, 0.3) is 0 Å². The summed E-state index contributed by atoms with van der Waals surface area (Å²) in [6.07, 6.45) is 16.3. The van der Waals surface area contributed by atoms with Crippen LogP contribution in [0.15, 0.2) is 49.6 Å². The first-order valence-corrected chi connectivity index (χ1v) is 11.7. The van der Waals surface area contributed by atoms with Crippen molar-refractivity contribution in [2.75, 3.05) is 39.0 Å². The third-order valence-corrected chi connectivity index (χ3v) is 6.03. The van der Waals surface area contributed by atoms with E-state index >= 15 is 0 Å². The molecule has 3 N–H and O–H groups in total. The van der Waals surface area contributed by atoms with Crippen molar-refractivity contribution in [2.45, 2.75) is 32.1 Å². The van der Waals surface area contributed by atoms with Gasteiger partial charge >= 0.3 is 0 Å². The largest absolute Gasteiger partial charge is 0.367 e. The number of nitrogens with one attached hydrogen (secondary N) is 1. The second-order valence-electron chi connectivity index (χ2n) is 8.53. The van der Waals surface area contributed by atoms with E-state index in [1.807, 2.05) is 35.0 Å². The van der Waals surface area contributed by atoms with Crippen LogP contribution in [0.2, 0.25) is 0 Å². The quantitative estimate of drug-likeness (QED) is 0.488. The Labute approximate surface area is 195 Å². The lowest BCUT2D eigenvalue weighted by Gasteiger charge is -2.08. The zero-order chi connectivity index (χ0) is 23.0. The number of likely N-dealkylation sites (tertiary alicyclic amines) is 1. The van der Waals surface area contributed by atoms with Gasteiger partial charge in [-0.25, -0.2) is 14.5 Å². The van der Waals surface area contributed by atoms with E-state index in [0.29, 0.717) is 0 Å². The van der Waals surface area contributed by atoms with Gasteiger partial charge in [0.15, 0.2) is 0 Å². The minimum absolute atomic E-state index is 0.253. The summed E-state index contributed by atoms with van der Waals surface area (Å²) < 4.78 is 3.73. The van der Waals surface area contributed by atoms with E-state index in [9.17, 15) is 0 Å². The van der Waals surface area contributed by atoms with Crippen molar-refractivity contribution < 1.29 is 0 Å². The van der Waals surface area contributed by atoms with E-state index in [1.165, 1.54) is 58.3 Å². The maximum Gasteiger partial charge on any atom is 0.238 e. The Bertz CT molecular complexity index is 1170. The number of aromatic nitrogens is 5. The standard InChI is InChI=1S/C15H12N6.2C5H11N/c1-2-11-7-17-14-4-3-10(9-20(11)14)12-5-6-21-13(12)8-18-15(16)19-21;1-6-4-2-3-5-6;1-2-4-6-5-3-1/h2-9H,1H2,(H2,16,19);2-5H2,1H3;6H,1-5H2. The van der Waals surface area contributed by atoms with Crippen LogP contribution in [-0.4, -0.2) is 62.1 Å². The summed E-state index contributed by atoms with van der Waals surface area (Å²) in [5, 5.41) is 7.44. The van der Waals surface area contributed by atoms with E-state index in [0.717, 1.165) is 28.0 Å². The van der Waals surface area contributed by atoms with Crippen LogP contribution < -0.4 is 11.1 Å². The fraction of sp³-hybridized carbons (Fsp3) is 0.400. The number of hydrogen-bond donors (Lipinski definition) is 2. The second kappa shape index (κ2) is 11.1. The van der Waals surface area contributed by atoms with Crippen LogP contribution in [0.4, 0.5) is 5.95 Å². The molecule has 33 heavy (non-hydrogen) atoms. The Morgan fingerprint density at radius 3 is 2.39 bits per heavy atom. The minimum atomic E-state index is 0.253. The number of fused-ring (bicyclic) bond motifs is 2. The average molecular weight is 447 g/mol. The Morgan fingerprint density at radius 2 is 1.79 bits per heavy atom. The number of hydrogen-bond acceptors (Lipinski definition) is 6. The summed E-state index contributed by atoms with van der Waals surface area (Å²) in [7, 11) is 2.17. The molecule has 0 unspecified atom stereocenters. The first-order chi connectivity index (χ1) is 16.2. The van der Waals surface area contributed by atoms with Crippen molar-refractivity contribution in [3.8, 4) is 11.1 Å². The molecule has 8 heteroatoms. The molecule has 0 aromatic carbocycles. The lowest BCUT2D eigenvalue weighted by Crippen LogP contribution is -2.21. The summed E-state index contributed by atoms with van der Waals surface area (Å²) in [4.78, 5) is 10.8. The molecular formula is C25H34N8. The smallest absolute Gasteiger partial charge is 0.238 e. The van der Waals surface area contributed by atoms with Crippen molar-refractivity contribution in [3.63, 3.8) is 0 Å². The molecule has 8 nitrogen and oxygen atoms in total. The van der Waals surface area contributed by atoms with Crippen molar-refractivity contribution in [2.24, 2.45) is 0 Å². The fourth-order valence-corrected chi connectivity index (χ4v) is 4.14. The van der Waals surface area contributed by atoms with E-state index in [4.69, 9.17) is 5.73 Å². The van der Waals surface area contributed by atoms with Gasteiger partial charge in [-0.1, -0.05) is 13.0 Å². The van der Waals surface area contributed by atoms with Gasteiger partial charge in [-0.05, 0) is 83.2 Å². The molecule has 0 radical (unpaired) electrons. The predicted octanol–water partition coefficient (Wildman–Crippen LogP) is 3.74. The van der Waals surface area contributed by atoms with Crippen molar-refractivity contribution in [1.29, 1.82) is 0 Å². The summed E-state index contributed by atoms with van der Waals surface area (Å²) in [5.41, 5.74) is 10.4. The third-order valence-electron chi connectivity index (χ3n) is 6.03. The second-order valence-corrected chi connectivity index (χ2v) is 8.53. The van der Waals surface area contributed by atoms with Gasteiger partial charge in [0.1, 0.15) is 5.65 Å². The number of rotatable bonds is 2. The average Bonchev–Trinajstić information content (AvgIpc) is 3.60. The number of piperidine rings is 1. The van der Waals surface area contributed by atoms with Gasteiger partial charge < -0.3 is 16.0 Å². The molecule has 6 heterocycles. The first kappa shape index (κ1) is 22.9. The highest BCUT2D eigenvalue weighted by Gasteiger charge is 2.09. The Hall–Kier alpha value is -3.23. The topological polar surface area (TPSA) is 88.8 Å². The number of nitrogens with zero attached hydrogens (tertiary/aromatic N) is 6. The number of anilines is 1. The number of imidazole rings is 1. The molecule has 0 spiro atoms. The lowest BCUT2D eigenvalue weighted by molar-refractivity contribution is 0.418. The highest BCUT2D eigenvalue weighted by atomic mass is 15.3. The van der Waals surface area contributed by atoms with Crippen LogP contribution >= 0.6 is 0 Å². The van der Waals surface area contributed by atoms with Crippen LogP contribution in [-0.2, 0) is 0 Å². The number of nitrogen functional groups attached to an aromatic ring is 1. The molecule has 0 atom stereocenters. The summed E-state index contributed by atoms with van der Waals surface area (Å²) in [5.74, 6) is 0.253. The minimum Gasteiger partial charge on any atom is -0.367 e. The third kappa shape index (κ3) is 5.77. The Kier molecular flexibility index (Phi) is 7.70. The molecular weight excluding hydrogens is 412 g/mol. The number of pyridine rings is 1. The highest BCUT2D eigenvalue weighted by Crippen LogP contribution is 2.26. The number of nitrogens with two attached hydrogens (primary N) is 1. The molecule has 174 valence electrons. The molecule has 2 aliphatic rings. The fourth-order valence-electron chi connectivity index (χ4n) is 4.14. The molecule has 0 amide bonds. The molecule has 2 fully saturated rings. The van der Waals surface area contributed by atoms with Gasteiger partial charge in [0.2, 0.25) is 5.95 Å². The summed E-state index contributed by atoms with van der Waals surface area (Å²) >= 11 is 0. The molecule has 4 aromatic rings. The maximum absolute atomic E-state index is 5.60. The van der Waals surface area contributed by atoms with Gasteiger partial charge in [0, 0.05) is 23.5 Å². The van der Waals surface area contributed by atoms with Crippen LogP contribution in [0, 0.1) is 0 Å². The zero-order valence-corrected chi connectivity index (χ0v) is 19.5. The van der Waals surface area contributed by atoms with E-state index in [1.54, 1.807) is 23.0 Å². The first-order valence-electron chi connectivity index (χ1n) is 11.7. The Balaban J connectivity index is 0.000000176. The van der Waals surface area contributed by atoms with Gasteiger partial charge in [-0.2, -0.15) is 0 Å². The lowest BCUT2D eigenvalue weighted by atomic mass is 10.1. The van der Waals surface area contributed by atoms with E-state index in [2.05, 4.69) is 38.9 Å². The van der Waals surface area contributed by atoms with Gasteiger partial charge in [-0.15, -0.1) is 5.10 Å². The summed E-state index contributed by atoms with van der Waals surface area (Å²) in [6.45, 7) is 8.95. The van der Waals surface area contributed by atoms with Crippen molar-refractivity contribution in [1.82, 2.24) is 34.2 Å². The Morgan fingerprint density at radius 1 is 1.00 bits per heavy atom. The van der Waals surface area contributed by atoms with Gasteiger partial charge in [-0.3, -0.25) is 4.40 Å². The highest BCUT2D eigenvalue weighted by molar-refractivity contribution is 5.80. The molecule has 0 bridgehead atoms. The molecule has 0 saturated carbocycles. The van der Waals surface area contributed by atoms with Gasteiger partial charge in [0.05, 0.1) is 23.6 Å². The SMILES string of the molecule is C1CCNCC1.C=Cc1cnc2ccc(-c3ccn4nc(N)ncc34)cn12.CN1CCCC1. The van der Waals surface area contributed by atoms with Crippen LogP contribution in [0.3, 0.4) is 0 Å². The molecule has 6 rings (SSSR count). The monoisotopic (exact) mass is 446 g/mol.